The molecular weight excluding hydrogens is 92.1 g/mol. The van der Waals surface area contributed by atoms with Crippen molar-refractivity contribution >= 4 is 5.78 Å². The number of hydrogen-bond donors (Lipinski definition) is 0. The molecule has 0 saturated carbocycles. The fraction of sp³-hybridized carbons (Fsp3) is 0.400. The Morgan fingerprint density at radius 1 is 1.57 bits per heavy atom. The Morgan fingerprint density at radius 3 is 2.00 bits per heavy atom. The molecule has 0 saturated heterocycles. The first kappa shape index (κ1) is 6.21. The summed E-state index contributed by atoms with van der Waals surface area (Å²) in [7, 11) is 0. The van der Waals surface area contributed by atoms with Crippen molar-refractivity contribution in [1.29, 1.82) is 0 Å². The summed E-state index contributed by atoms with van der Waals surface area (Å²) in [6.07, 6.45) is 0.558. The van der Waals surface area contributed by atoms with Crippen molar-refractivity contribution in [2.75, 3.05) is 0 Å². The molecule has 0 unspecified atom stereocenters. The van der Waals surface area contributed by atoms with Crippen LogP contribution >= 0.6 is 0 Å². The fourth-order valence-electron chi connectivity index (χ4n) is 0.0830. The smallest absolute Gasteiger partial charge is 0.154 e. The molecule has 0 aliphatic rings. The molecule has 0 fully saturated rings. The molecule has 0 aliphatic heterocycles. The van der Waals surface area contributed by atoms with Gasteiger partial charge < -0.3 is 5.11 Å². The van der Waals surface area contributed by atoms with Crippen LogP contribution in [0.25, 0.3) is 0 Å². The number of Topliss-reactive ketones (excluding diaryl/α,β-unsaturated/α-hetero) is 1. The molecule has 7 heavy (non-hydrogen) atoms. The van der Waals surface area contributed by atoms with Crippen molar-refractivity contribution < 1.29 is 9.90 Å². The van der Waals surface area contributed by atoms with Crippen molar-refractivity contribution in [3.05, 3.63) is 11.8 Å². The Kier molecular flexibility index (Phi) is 2.12. The summed E-state index contributed by atoms with van der Waals surface area (Å²) in [6, 6.07) is 0. The number of hydrogen-bond acceptors (Lipinski definition) is 2. The molecule has 0 radical (unpaired) electrons. The second-order valence-electron chi connectivity index (χ2n) is 1.36. The van der Waals surface area contributed by atoms with Crippen LogP contribution in [0.2, 0.25) is 0 Å². The summed E-state index contributed by atoms with van der Waals surface area (Å²) in [5.41, 5.74) is 0.278. The molecule has 0 aliphatic carbocycles. The van der Waals surface area contributed by atoms with Crippen molar-refractivity contribution in [3.8, 4) is 0 Å². The highest BCUT2D eigenvalue weighted by Crippen LogP contribution is 1.87. The number of allylic oxidation sites excluding steroid dienone is 1. The quantitative estimate of drug-likeness (QED) is 0.338. The minimum absolute atomic E-state index is 0.157. The number of ketones is 1. The summed E-state index contributed by atoms with van der Waals surface area (Å²) in [5.74, 6) is -0.157. The van der Waals surface area contributed by atoms with E-state index in [1.54, 1.807) is 0 Å². The topological polar surface area (TPSA) is 40.1 Å². The van der Waals surface area contributed by atoms with Crippen LogP contribution in [0, 0.1) is 0 Å². The van der Waals surface area contributed by atoms with E-state index < -0.39 is 0 Å². The Bertz CT molecular complexity index is 103. The summed E-state index contributed by atoms with van der Waals surface area (Å²) in [4.78, 5) is 10.1. The molecule has 0 atom stereocenters. The predicted octanol–water partition coefficient (Wildman–Crippen LogP) is -0.161. The first-order valence-corrected chi connectivity index (χ1v) is 1.98. The zero-order valence-electron chi connectivity index (χ0n) is 4.39. The first-order valence-electron chi connectivity index (χ1n) is 1.98. The lowest BCUT2D eigenvalue weighted by Gasteiger charge is -1.93. The average Bonchev–Trinajstić information content (AvgIpc) is 1.65. The van der Waals surface area contributed by atoms with Crippen LogP contribution in [-0.4, -0.2) is 5.78 Å². The van der Waals surface area contributed by atoms with E-state index >= 15 is 0 Å². The minimum Gasteiger partial charge on any atom is -0.878 e. The van der Waals surface area contributed by atoms with Gasteiger partial charge in [0, 0.05) is 0 Å². The van der Waals surface area contributed by atoms with Crippen LogP contribution in [0.3, 0.4) is 0 Å². The van der Waals surface area contributed by atoms with Gasteiger partial charge in [-0.3, -0.25) is 4.79 Å². The van der Waals surface area contributed by atoms with Crippen LogP contribution in [-0.2, 0) is 4.79 Å². The standard InChI is InChI=1S/C5H8O2/c1-4(3-6)5(2)7/h3,6H,1-2H3/p-1. The first-order chi connectivity index (χ1) is 3.18. The molecule has 2 heteroatoms. The summed E-state index contributed by atoms with van der Waals surface area (Å²) < 4.78 is 0. The van der Waals surface area contributed by atoms with Gasteiger partial charge in [0.05, 0.1) is 0 Å². The Morgan fingerprint density at radius 2 is 2.00 bits per heavy atom. The molecular formula is C5H7O2-. The lowest BCUT2D eigenvalue weighted by atomic mass is 10.2. The average molecular weight is 99.1 g/mol. The lowest BCUT2D eigenvalue weighted by molar-refractivity contribution is -0.276. The zero-order chi connectivity index (χ0) is 5.86. The van der Waals surface area contributed by atoms with E-state index in [9.17, 15) is 9.90 Å². The summed E-state index contributed by atoms with van der Waals surface area (Å²) in [5, 5.41) is 9.69. The molecule has 0 bridgehead atoms. The molecule has 0 heterocycles. The Hall–Kier alpha value is -0.790. The van der Waals surface area contributed by atoms with E-state index in [0.29, 0.717) is 6.26 Å². The van der Waals surface area contributed by atoms with Gasteiger partial charge in [-0.2, -0.15) is 0 Å². The molecule has 0 N–H and O–H groups in total. The highest BCUT2D eigenvalue weighted by molar-refractivity contribution is 5.92. The molecule has 0 aromatic heterocycles. The molecule has 40 valence electrons. The van der Waals surface area contributed by atoms with E-state index in [4.69, 9.17) is 0 Å². The van der Waals surface area contributed by atoms with Gasteiger partial charge in [0.15, 0.2) is 5.78 Å². The Balaban J connectivity index is 3.82. The molecule has 0 aromatic carbocycles. The van der Waals surface area contributed by atoms with Gasteiger partial charge in [0.2, 0.25) is 0 Å². The maximum absolute atomic E-state index is 10.1. The molecule has 0 spiro atoms. The highest BCUT2D eigenvalue weighted by Gasteiger charge is 1.87. The van der Waals surface area contributed by atoms with Gasteiger partial charge in [0.1, 0.15) is 0 Å². The number of carbonyl (C=O) groups excluding carboxylic acids is 1. The second-order valence-corrected chi connectivity index (χ2v) is 1.36. The highest BCUT2D eigenvalue weighted by atomic mass is 16.2. The van der Waals surface area contributed by atoms with Gasteiger partial charge in [-0.15, -0.1) is 6.26 Å². The maximum Gasteiger partial charge on any atom is 0.154 e. The van der Waals surface area contributed by atoms with Gasteiger partial charge in [0.25, 0.3) is 0 Å². The summed E-state index contributed by atoms with van der Waals surface area (Å²) >= 11 is 0. The van der Waals surface area contributed by atoms with E-state index in [-0.39, 0.29) is 11.4 Å². The SMILES string of the molecule is CC(=O)C(C)=C[O-]. The monoisotopic (exact) mass is 99.0 g/mol. The predicted molar refractivity (Wildman–Crippen MR) is 24.4 cm³/mol. The normalized spacial score (nSPS) is 11.4. The molecule has 0 aromatic rings. The van der Waals surface area contributed by atoms with Gasteiger partial charge in [-0.25, -0.2) is 0 Å². The van der Waals surface area contributed by atoms with E-state index in [1.807, 2.05) is 0 Å². The molecule has 0 rings (SSSR count). The maximum atomic E-state index is 10.1. The van der Waals surface area contributed by atoms with Crippen molar-refractivity contribution in [1.82, 2.24) is 0 Å². The van der Waals surface area contributed by atoms with Gasteiger partial charge >= 0.3 is 0 Å². The number of rotatable bonds is 1. The van der Waals surface area contributed by atoms with Crippen LogP contribution < -0.4 is 5.11 Å². The summed E-state index contributed by atoms with van der Waals surface area (Å²) in [6.45, 7) is 2.86. The van der Waals surface area contributed by atoms with Crippen LogP contribution in [0.1, 0.15) is 13.8 Å². The fourth-order valence-corrected chi connectivity index (χ4v) is 0.0830. The molecule has 2 nitrogen and oxygen atoms in total. The minimum atomic E-state index is -0.157. The molecule has 0 amide bonds. The third kappa shape index (κ3) is 1.98. The number of carbonyl (C=O) groups is 1. The van der Waals surface area contributed by atoms with Gasteiger partial charge in [-0.05, 0) is 19.4 Å². The van der Waals surface area contributed by atoms with E-state index in [2.05, 4.69) is 0 Å². The van der Waals surface area contributed by atoms with Crippen molar-refractivity contribution in [3.63, 3.8) is 0 Å². The van der Waals surface area contributed by atoms with Crippen LogP contribution in [0.15, 0.2) is 11.8 Å². The largest absolute Gasteiger partial charge is 0.878 e. The van der Waals surface area contributed by atoms with Crippen molar-refractivity contribution in [2.45, 2.75) is 13.8 Å². The second kappa shape index (κ2) is 2.39. The lowest BCUT2D eigenvalue weighted by Crippen LogP contribution is -1.97. The van der Waals surface area contributed by atoms with E-state index in [1.165, 1.54) is 13.8 Å². The zero-order valence-corrected chi connectivity index (χ0v) is 4.39. The van der Waals surface area contributed by atoms with Crippen LogP contribution in [0.4, 0.5) is 0 Å². The van der Waals surface area contributed by atoms with Crippen molar-refractivity contribution in [2.24, 2.45) is 0 Å². The van der Waals surface area contributed by atoms with Crippen LogP contribution in [0.5, 0.6) is 0 Å². The van der Waals surface area contributed by atoms with E-state index in [0.717, 1.165) is 0 Å². The van der Waals surface area contributed by atoms with Gasteiger partial charge in [-0.1, -0.05) is 0 Å². The third-order valence-electron chi connectivity index (χ3n) is 0.732. The Labute approximate surface area is 42.5 Å². The third-order valence-corrected chi connectivity index (χ3v) is 0.732.